The number of halogens is 3. The molecule has 0 aliphatic carbocycles. The molecule has 8 nitrogen and oxygen atoms in total. The Morgan fingerprint density at radius 3 is 2.08 bits per heavy atom. The highest BCUT2D eigenvalue weighted by Gasteiger charge is 2.46. The van der Waals surface area contributed by atoms with Crippen LogP contribution in [0.25, 0.3) is 0 Å². The number of likely N-dealkylation sites (tertiary alicyclic amines) is 1. The van der Waals surface area contributed by atoms with Crippen LogP contribution in [0.15, 0.2) is 36.4 Å². The summed E-state index contributed by atoms with van der Waals surface area (Å²) in [5.41, 5.74) is -0.555. The van der Waals surface area contributed by atoms with Crippen molar-refractivity contribution in [2.75, 3.05) is 40.2 Å². The Labute approximate surface area is 220 Å². The number of ether oxygens (including phenoxy) is 3. The van der Waals surface area contributed by atoms with E-state index in [-0.39, 0.29) is 37.7 Å². The van der Waals surface area contributed by atoms with Gasteiger partial charge in [-0.25, -0.2) is 0 Å². The van der Waals surface area contributed by atoms with E-state index >= 15 is 0 Å². The summed E-state index contributed by atoms with van der Waals surface area (Å²) < 4.78 is 84.0. The predicted octanol–water partition coefficient (Wildman–Crippen LogP) is 4.45. The van der Waals surface area contributed by atoms with E-state index in [1.54, 1.807) is 17.0 Å². The van der Waals surface area contributed by atoms with Gasteiger partial charge in [-0.15, -0.1) is 0 Å². The molecule has 0 N–H and O–H groups in total. The molecule has 0 saturated carbocycles. The first-order valence-corrected chi connectivity index (χ1v) is 13.6. The van der Waals surface area contributed by atoms with Gasteiger partial charge in [0.25, 0.3) is 10.1 Å². The second-order valence-corrected chi connectivity index (χ2v) is 11.0. The number of benzene rings is 2. The van der Waals surface area contributed by atoms with Gasteiger partial charge in [0.2, 0.25) is 11.7 Å². The smallest absolute Gasteiger partial charge is 0.416 e. The largest absolute Gasteiger partial charge is 0.493 e. The van der Waals surface area contributed by atoms with Crippen LogP contribution in [0.4, 0.5) is 13.2 Å². The summed E-state index contributed by atoms with van der Waals surface area (Å²) in [5.74, 6) is 0.839. The molecule has 12 heteroatoms. The van der Waals surface area contributed by atoms with Crippen molar-refractivity contribution < 1.29 is 44.8 Å². The number of nitrogens with zero attached hydrogens (tertiary/aromatic N) is 1. The third kappa shape index (κ3) is 6.71. The van der Waals surface area contributed by atoms with Crippen molar-refractivity contribution in [1.82, 2.24) is 4.90 Å². The number of methoxy groups -OCH3 is 3. The van der Waals surface area contributed by atoms with Crippen LogP contribution in [-0.2, 0) is 38.2 Å². The van der Waals surface area contributed by atoms with Crippen LogP contribution in [0.2, 0.25) is 0 Å². The molecule has 210 valence electrons. The van der Waals surface area contributed by atoms with Gasteiger partial charge >= 0.3 is 6.18 Å². The maximum Gasteiger partial charge on any atom is 0.416 e. The van der Waals surface area contributed by atoms with Crippen LogP contribution in [0.1, 0.15) is 36.5 Å². The fraction of sp³-hybridized carbons (Fsp3) is 0.500. The van der Waals surface area contributed by atoms with Gasteiger partial charge in [-0.3, -0.25) is 8.98 Å². The van der Waals surface area contributed by atoms with Gasteiger partial charge in [-0.05, 0) is 61.6 Å². The summed E-state index contributed by atoms with van der Waals surface area (Å²) in [6.45, 7) is 1.84. The molecule has 2 aromatic carbocycles. The quantitative estimate of drug-likeness (QED) is 0.355. The van der Waals surface area contributed by atoms with Crippen LogP contribution in [0.5, 0.6) is 17.2 Å². The Hall–Kier alpha value is -2.99. The lowest BCUT2D eigenvalue weighted by atomic mass is 9.77. The molecular weight excluding hydrogens is 527 g/mol. The first-order valence-electron chi connectivity index (χ1n) is 12.0. The van der Waals surface area contributed by atoms with E-state index in [0.29, 0.717) is 35.8 Å². The molecule has 1 unspecified atom stereocenters. The van der Waals surface area contributed by atoms with Crippen molar-refractivity contribution >= 4 is 16.0 Å². The van der Waals surface area contributed by atoms with Crippen molar-refractivity contribution in [3.8, 4) is 17.2 Å². The lowest BCUT2D eigenvalue weighted by molar-refractivity contribution is -0.138. The zero-order valence-corrected chi connectivity index (χ0v) is 22.6. The molecule has 3 rings (SSSR count). The summed E-state index contributed by atoms with van der Waals surface area (Å²) in [7, 11) is 0.738. The highest BCUT2D eigenvalue weighted by Crippen LogP contribution is 2.42. The van der Waals surface area contributed by atoms with E-state index in [4.69, 9.17) is 18.4 Å². The minimum absolute atomic E-state index is 0.0951. The van der Waals surface area contributed by atoms with Gasteiger partial charge < -0.3 is 19.1 Å². The summed E-state index contributed by atoms with van der Waals surface area (Å²) in [6, 6.07) is 8.14. The molecule has 1 saturated heterocycles. The average molecular weight is 560 g/mol. The summed E-state index contributed by atoms with van der Waals surface area (Å²) in [5, 5.41) is 0. The zero-order valence-electron chi connectivity index (χ0n) is 21.8. The van der Waals surface area contributed by atoms with Crippen LogP contribution in [-0.4, -0.2) is 59.5 Å². The van der Waals surface area contributed by atoms with Gasteiger partial charge in [0, 0.05) is 13.1 Å². The van der Waals surface area contributed by atoms with Crippen LogP contribution < -0.4 is 14.2 Å². The van der Waals surface area contributed by atoms with Gasteiger partial charge in [0.05, 0.1) is 44.7 Å². The van der Waals surface area contributed by atoms with E-state index in [0.717, 1.165) is 17.7 Å². The Morgan fingerprint density at radius 1 is 0.974 bits per heavy atom. The standard InChI is InChI=1S/C26H32F3NO7S/c1-5-38(32,33)37-13-11-25(16-18-6-8-20(9-7-18)26(27,28)29)10-12-30(24(25)31)17-19-14-21(34-2)23(36-4)22(15-19)35-3/h6-9,14-15H,5,10-13,16-17H2,1-4H3. The molecule has 1 aliphatic rings. The molecule has 2 aromatic rings. The third-order valence-electron chi connectivity index (χ3n) is 6.72. The second kappa shape index (κ2) is 11.8. The fourth-order valence-corrected chi connectivity index (χ4v) is 5.13. The lowest BCUT2D eigenvalue weighted by Gasteiger charge is -2.28. The molecule has 1 amide bonds. The van der Waals surface area contributed by atoms with E-state index in [1.165, 1.54) is 40.4 Å². The first kappa shape index (κ1) is 29.6. The lowest BCUT2D eigenvalue weighted by Crippen LogP contribution is -2.37. The number of hydrogen-bond donors (Lipinski definition) is 0. The normalized spacial score (nSPS) is 18.1. The van der Waals surface area contributed by atoms with Crippen LogP contribution >= 0.6 is 0 Å². The third-order valence-corrected chi connectivity index (χ3v) is 7.95. The monoisotopic (exact) mass is 559 g/mol. The predicted molar refractivity (Wildman–Crippen MR) is 134 cm³/mol. The Balaban J connectivity index is 1.87. The number of hydrogen-bond acceptors (Lipinski definition) is 7. The number of alkyl halides is 3. The number of carbonyl (C=O) groups is 1. The fourth-order valence-electron chi connectivity index (χ4n) is 4.62. The van der Waals surface area contributed by atoms with Gasteiger partial charge in [0.15, 0.2) is 11.5 Å². The van der Waals surface area contributed by atoms with E-state index < -0.39 is 27.3 Å². The van der Waals surface area contributed by atoms with Crippen molar-refractivity contribution in [3.05, 3.63) is 53.1 Å². The number of amides is 1. The summed E-state index contributed by atoms with van der Waals surface area (Å²) >= 11 is 0. The highest BCUT2D eigenvalue weighted by molar-refractivity contribution is 7.86. The second-order valence-electron chi connectivity index (χ2n) is 9.08. The topological polar surface area (TPSA) is 91.4 Å². The maximum absolute atomic E-state index is 13.8. The molecular formula is C26H32F3NO7S. The first-order chi connectivity index (χ1) is 17.9. The van der Waals surface area contributed by atoms with E-state index in [2.05, 4.69) is 0 Å². The van der Waals surface area contributed by atoms with Crippen molar-refractivity contribution in [2.24, 2.45) is 5.41 Å². The molecule has 0 radical (unpaired) electrons. The minimum Gasteiger partial charge on any atom is -0.493 e. The Bertz CT molecular complexity index is 1210. The van der Waals surface area contributed by atoms with E-state index in [1.807, 2.05) is 0 Å². The average Bonchev–Trinajstić information content (AvgIpc) is 3.17. The molecule has 0 spiro atoms. The van der Waals surface area contributed by atoms with Crippen molar-refractivity contribution in [1.29, 1.82) is 0 Å². The maximum atomic E-state index is 13.8. The molecule has 1 atom stereocenters. The molecule has 1 fully saturated rings. The van der Waals surface area contributed by atoms with Crippen LogP contribution in [0.3, 0.4) is 0 Å². The van der Waals surface area contributed by atoms with Crippen molar-refractivity contribution in [2.45, 2.75) is 38.9 Å². The molecule has 1 heterocycles. The zero-order chi connectivity index (χ0) is 28.1. The van der Waals surface area contributed by atoms with Gasteiger partial charge in [0.1, 0.15) is 0 Å². The minimum atomic E-state index is -4.47. The molecule has 0 bridgehead atoms. The number of rotatable bonds is 12. The highest BCUT2D eigenvalue weighted by atomic mass is 32.2. The Morgan fingerprint density at radius 2 is 1.58 bits per heavy atom. The molecule has 0 aromatic heterocycles. The van der Waals surface area contributed by atoms with Gasteiger partial charge in [-0.2, -0.15) is 21.6 Å². The van der Waals surface area contributed by atoms with E-state index in [9.17, 15) is 26.4 Å². The van der Waals surface area contributed by atoms with Crippen molar-refractivity contribution in [3.63, 3.8) is 0 Å². The molecule has 1 aliphatic heterocycles. The molecule has 38 heavy (non-hydrogen) atoms. The van der Waals surface area contributed by atoms with Gasteiger partial charge in [-0.1, -0.05) is 12.1 Å². The summed E-state index contributed by atoms with van der Waals surface area (Å²) in [6.07, 6.45) is -3.85. The summed E-state index contributed by atoms with van der Waals surface area (Å²) in [4.78, 5) is 15.4. The number of carbonyl (C=O) groups excluding carboxylic acids is 1. The SMILES string of the molecule is CCS(=O)(=O)OCCC1(Cc2ccc(C(F)(F)F)cc2)CCN(Cc2cc(OC)c(OC)c(OC)c2)C1=O. The van der Waals surface area contributed by atoms with Crippen LogP contribution in [0, 0.1) is 5.41 Å². The Kier molecular flexibility index (Phi) is 9.19.